The summed E-state index contributed by atoms with van der Waals surface area (Å²) < 4.78 is 5.58. The van der Waals surface area contributed by atoms with Gasteiger partial charge in [0.15, 0.2) is 11.6 Å². The summed E-state index contributed by atoms with van der Waals surface area (Å²) in [4.78, 5) is 19.1. The maximum atomic E-state index is 5.58. The third kappa shape index (κ3) is 3.69. The molecule has 4 saturated heterocycles. The number of morpholine rings is 1. The Hall–Kier alpha value is -1.51. The molecule has 1 aromatic rings. The monoisotopic (exact) mass is 389 g/mol. The van der Waals surface area contributed by atoms with Crippen molar-refractivity contribution >= 4 is 17.6 Å². The Balaban J connectivity index is 1.44. The van der Waals surface area contributed by atoms with Crippen molar-refractivity contribution in [3.8, 4) is 0 Å². The minimum Gasteiger partial charge on any atom is -0.379 e. The second kappa shape index (κ2) is 8.47. The molecule has 8 heteroatoms. The Bertz CT molecular complexity index is 632. The molecule has 0 bridgehead atoms. The quantitative estimate of drug-likeness (QED) is 0.799. The highest BCUT2D eigenvalue weighted by molar-refractivity contribution is 5.68. The average Bonchev–Trinajstić information content (AvgIpc) is 3.45. The SMILES string of the molecule is C1CCN(c2nc(N3CCNCC3N3CCOCC3)[nH]c2N2CCCC2)CC1. The molecule has 4 fully saturated rings. The number of anilines is 3. The maximum Gasteiger partial charge on any atom is 0.207 e. The van der Waals surface area contributed by atoms with Crippen molar-refractivity contribution in [2.75, 3.05) is 86.8 Å². The first-order valence-corrected chi connectivity index (χ1v) is 11.3. The van der Waals surface area contributed by atoms with E-state index in [1.165, 1.54) is 43.7 Å². The zero-order valence-electron chi connectivity index (χ0n) is 17.0. The van der Waals surface area contributed by atoms with Gasteiger partial charge in [-0.1, -0.05) is 0 Å². The molecule has 5 heterocycles. The van der Waals surface area contributed by atoms with E-state index >= 15 is 0 Å². The van der Waals surface area contributed by atoms with Crippen molar-refractivity contribution in [1.29, 1.82) is 0 Å². The van der Waals surface area contributed by atoms with Gasteiger partial charge in [0.1, 0.15) is 0 Å². The highest BCUT2D eigenvalue weighted by Gasteiger charge is 2.33. The van der Waals surface area contributed by atoms with Crippen LogP contribution in [-0.2, 0) is 4.74 Å². The predicted molar refractivity (Wildman–Crippen MR) is 112 cm³/mol. The molecule has 1 aromatic heterocycles. The van der Waals surface area contributed by atoms with E-state index in [9.17, 15) is 0 Å². The topological polar surface area (TPSA) is 62.9 Å². The number of rotatable bonds is 4. The second-order valence-corrected chi connectivity index (χ2v) is 8.50. The molecule has 4 aliphatic heterocycles. The standard InChI is InChI=1S/C20H35N7O/c1-2-7-25(8-3-1)18-19(26-9-4-5-10-26)23-20(22-18)27-11-6-21-16-17(27)24-12-14-28-15-13-24/h17,21H,1-16H2,(H,22,23). The van der Waals surface area contributed by atoms with E-state index in [4.69, 9.17) is 9.72 Å². The van der Waals surface area contributed by atoms with Crippen LogP contribution in [0.4, 0.5) is 17.6 Å². The molecule has 156 valence electrons. The van der Waals surface area contributed by atoms with E-state index in [2.05, 4.69) is 29.9 Å². The molecule has 1 atom stereocenters. The van der Waals surface area contributed by atoms with E-state index in [1.54, 1.807) is 0 Å². The minimum atomic E-state index is 0.351. The van der Waals surface area contributed by atoms with Crippen LogP contribution in [0.2, 0.25) is 0 Å². The summed E-state index contributed by atoms with van der Waals surface area (Å²) in [6, 6.07) is 0. The number of hydrogen-bond donors (Lipinski definition) is 2. The first kappa shape index (κ1) is 18.5. The van der Waals surface area contributed by atoms with Gasteiger partial charge in [0.2, 0.25) is 5.95 Å². The molecule has 28 heavy (non-hydrogen) atoms. The minimum absolute atomic E-state index is 0.351. The van der Waals surface area contributed by atoms with Gasteiger partial charge >= 0.3 is 0 Å². The lowest BCUT2D eigenvalue weighted by Crippen LogP contribution is -2.61. The summed E-state index contributed by atoms with van der Waals surface area (Å²) >= 11 is 0. The summed E-state index contributed by atoms with van der Waals surface area (Å²) in [5, 5.41) is 3.59. The number of piperidine rings is 1. The first-order valence-electron chi connectivity index (χ1n) is 11.3. The summed E-state index contributed by atoms with van der Waals surface area (Å²) in [5.41, 5.74) is 0. The van der Waals surface area contributed by atoms with Gasteiger partial charge in [-0.15, -0.1) is 0 Å². The van der Waals surface area contributed by atoms with Crippen LogP contribution >= 0.6 is 0 Å². The lowest BCUT2D eigenvalue weighted by Gasteiger charge is -2.44. The number of imidazole rings is 1. The Morgan fingerprint density at radius 3 is 2.32 bits per heavy atom. The normalized spacial score (nSPS) is 27.6. The number of ether oxygens (including phenoxy) is 1. The van der Waals surface area contributed by atoms with E-state index in [0.29, 0.717) is 6.17 Å². The largest absolute Gasteiger partial charge is 0.379 e. The van der Waals surface area contributed by atoms with Crippen LogP contribution in [0.1, 0.15) is 32.1 Å². The molecule has 0 saturated carbocycles. The highest BCUT2D eigenvalue weighted by Crippen LogP contribution is 2.34. The summed E-state index contributed by atoms with van der Waals surface area (Å²) in [6.07, 6.45) is 6.85. The number of H-pyrrole nitrogens is 1. The van der Waals surface area contributed by atoms with Gasteiger partial charge in [0.05, 0.1) is 19.4 Å². The molecular formula is C20H35N7O. The van der Waals surface area contributed by atoms with Gasteiger partial charge in [0.25, 0.3) is 0 Å². The molecule has 0 aliphatic carbocycles. The molecule has 0 spiro atoms. The summed E-state index contributed by atoms with van der Waals surface area (Å²) in [6.45, 7) is 11.2. The van der Waals surface area contributed by atoms with E-state index in [-0.39, 0.29) is 0 Å². The summed E-state index contributed by atoms with van der Waals surface area (Å²) in [7, 11) is 0. The van der Waals surface area contributed by atoms with Gasteiger partial charge in [-0.2, -0.15) is 4.98 Å². The fraction of sp³-hybridized carbons (Fsp3) is 0.850. The number of aromatic amines is 1. The second-order valence-electron chi connectivity index (χ2n) is 8.50. The van der Waals surface area contributed by atoms with Crippen LogP contribution in [0.15, 0.2) is 0 Å². The maximum absolute atomic E-state index is 5.58. The molecule has 1 unspecified atom stereocenters. The van der Waals surface area contributed by atoms with Crippen LogP contribution < -0.4 is 20.0 Å². The van der Waals surface area contributed by atoms with E-state index < -0.39 is 0 Å². The lowest BCUT2D eigenvalue weighted by molar-refractivity contribution is 0.0133. The predicted octanol–water partition coefficient (Wildman–Crippen LogP) is 1.07. The van der Waals surface area contributed by atoms with Crippen molar-refractivity contribution in [1.82, 2.24) is 20.2 Å². The van der Waals surface area contributed by atoms with Gasteiger partial charge < -0.3 is 29.7 Å². The number of nitrogens with one attached hydrogen (secondary N) is 2. The van der Waals surface area contributed by atoms with Crippen LogP contribution in [0, 0.1) is 0 Å². The van der Waals surface area contributed by atoms with Crippen molar-refractivity contribution < 1.29 is 4.74 Å². The first-order chi connectivity index (χ1) is 13.9. The third-order valence-corrected chi connectivity index (χ3v) is 6.69. The zero-order chi connectivity index (χ0) is 18.8. The fourth-order valence-corrected chi connectivity index (χ4v) is 5.11. The molecular weight excluding hydrogens is 354 g/mol. The van der Waals surface area contributed by atoms with Gasteiger partial charge in [0, 0.05) is 58.9 Å². The van der Waals surface area contributed by atoms with E-state index in [1.807, 2.05) is 0 Å². The fourth-order valence-electron chi connectivity index (χ4n) is 5.11. The van der Waals surface area contributed by atoms with E-state index in [0.717, 1.165) is 78.1 Å². The van der Waals surface area contributed by atoms with Crippen molar-refractivity contribution in [2.24, 2.45) is 0 Å². The number of piperazine rings is 1. The summed E-state index contributed by atoms with van der Waals surface area (Å²) in [5.74, 6) is 3.50. The number of aromatic nitrogens is 2. The van der Waals surface area contributed by atoms with Crippen LogP contribution in [0.3, 0.4) is 0 Å². The highest BCUT2D eigenvalue weighted by atomic mass is 16.5. The van der Waals surface area contributed by atoms with Crippen LogP contribution in [-0.4, -0.2) is 93.2 Å². The number of hydrogen-bond acceptors (Lipinski definition) is 7. The Morgan fingerprint density at radius 1 is 0.821 bits per heavy atom. The molecule has 4 aliphatic rings. The van der Waals surface area contributed by atoms with Gasteiger partial charge in [-0.25, -0.2) is 0 Å². The van der Waals surface area contributed by atoms with Gasteiger partial charge in [-0.3, -0.25) is 4.90 Å². The van der Waals surface area contributed by atoms with Crippen molar-refractivity contribution in [3.63, 3.8) is 0 Å². The van der Waals surface area contributed by atoms with Gasteiger partial charge in [-0.05, 0) is 32.1 Å². The smallest absolute Gasteiger partial charge is 0.207 e. The molecule has 0 amide bonds. The molecule has 8 nitrogen and oxygen atoms in total. The number of nitrogens with zero attached hydrogens (tertiary/aromatic N) is 5. The molecule has 5 rings (SSSR count). The lowest BCUT2D eigenvalue weighted by atomic mass is 10.1. The van der Waals surface area contributed by atoms with Crippen LogP contribution in [0.25, 0.3) is 0 Å². The molecule has 2 N–H and O–H groups in total. The third-order valence-electron chi connectivity index (χ3n) is 6.69. The Labute approximate surface area is 168 Å². The van der Waals surface area contributed by atoms with Crippen molar-refractivity contribution in [3.05, 3.63) is 0 Å². The Kier molecular flexibility index (Phi) is 5.60. The Morgan fingerprint density at radius 2 is 1.54 bits per heavy atom. The zero-order valence-corrected chi connectivity index (χ0v) is 17.0. The average molecular weight is 390 g/mol. The molecule has 0 aromatic carbocycles. The van der Waals surface area contributed by atoms with Crippen molar-refractivity contribution in [2.45, 2.75) is 38.3 Å². The van der Waals surface area contributed by atoms with Crippen LogP contribution in [0.5, 0.6) is 0 Å². The molecule has 0 radical (unpaired) electrons.